The lowest BCUT2D eigenvalue weighted by molar-refractivity contribution is -0.117. The fourth-order valence-electron chi connectivity index (χ4n) is 3.75. The van der Waals surface area contributed by atoms with Crippen LogP contribution in [0.2, 0.25) is 0 Å². The van der Waals surface area contributed by atoms with Crippen molar-refractivity contribution in [3.05, 3.63) is 64.7 Å². The van der Waals surface area contributed by atoms with Crippen molar-refractivity contribution in [3.8, 4) is 0 Å². The predicted molar refractivity (Wildman–Crippen MR) is 115 cm³/mol. The molecule has 1 saturated carbocycles. The Morgan fingerprint density at radius 1 is 1.17 bits per heavy atom. The van der Waals surface area contributed by atoms with Crippen LogP contribution >= 0.6 is 11.8 Å². The number of nitrogens with zero attached hydrogens (tertiary/aromatic N) is 3. The zero-order valence-corrected chi connectivity index (χ0v) is 17.0. The number of aromatic nitrogens is 3. The van der Waals surface area contributed by atoms with Gasteiger partial charge in [-0.1, -0.05) is 55.6 Å². The summed E-state index contributed by atoms with van der Waals surface area (Å²) in [5.41, 5.74) is 4.20. The highest BCUT2D eigenvalue weighted by molar-refractivity contribution is 7.98. The smallest absolute Gasteiger partial charge is 0.273 e. The summed E-state index contributed by atoms with van der Waals surface area (Å²) in [6.45, 7) is 0. The molecule has 1 fully saturated rings. The fraction of sp³-hybridized carbons (Fsp3) is 0.364. The molecule has 6 nitrogen and oxygen atoms in total. The van der Waals surface area contributed by atoms with Gasteiger partial charge in [-0.25, -0.2) is 4.98 Å². The van der Waals surface area contributed by atoms with Gasteiger partial charge in [0.25, 0.3) is 5.56 Å². The van der Waals surface area contributed by atoms with Crippen LogP contribution in [0, 0.1) is 5.92 Å². The van der Waals surface area contributed by atoms with Gasteiger partial charge in [-0.3, -0.25) is 20.0 Å². The Balaban J connectivity index is 1.56. The Morgan fingerprint density at radius 2 is 2.00 bits per heavy atom. The van der Waals surface area contributed by atoms with Crippen LogP contribution in [0.1, 0.15) is 44.1 Å². The molecule has 1 aliphatic rings. The number of nitrogens with one attached hydrogen (secondary N) is 1. The average Bonchev–Trinajstić information content (AvgIpc) is 3.27. The number of benzene rings is 1. The minimum absolute atomic E-state index is 0.140. The summed E-state index contributed by atoms with van der Waals surface area (Å²) in [4.78, 5) is 34.4. The third kappa shape index (κ3) is 4.85. The van der Waals surface area contributed by atoms with E-state index in [-0.39, 0.29) is 11.5 Å². The second-order valence-corrected chi connectivity index (χ2v) is 8.37. The molecular weight excluding hydrogens is 384 g/mol. The van der Waals surface area contributed by atoms with Crippen LogP contribution in [0.15, 0.2) is 58.7 Å². The van der Waals surface area contributed by atoms with Gasteiger partial charge in [0, 0.05) is 24.6 Å². The first-order chi connectivity index (χ1) is 14.2. The van der Waals surface area contributed by atoms with Crippen molar-refractivity contribution in [2.24, 2.45) is 5.92 Å². The number of hydrogen-bond acceptors (Lipinski definition) is 5. The highest BCUT2D eigenvalue weighted by Crippen LogP contribution is 2.28. The lowest BCUT2D eigenvalue weighted by Gasteiger charge is -2.15. The quantitative estimate of drug-likeness (QED) is 0.470. The fourth-order valence-corrected chi connectivity index (χ4v) is 4.64. The molecule has 29 heavy (non-hydrogen) atoms. The molecule has 150 valence electrons. The summed E-state index contributed by atoms with van der Waals surface area (Å²) in [6.07, 6.45) is 9.74. The maximum Gasteiger partial charge on any atom is 0.281 e. The maximum absolute atomic E-state index is 13.0. The molecule has 2 aromatic heterocycles. The van der Waals surface area contributed by atoms with Gasteiger partial charge in [-0.15, -0.1) is 0 Å². The van der Waals surface area contributed by atoms with E-state index in [9.17, 15) is 9.59 Å². The molecular formula is C22H24N4O2S. The van der Waals surface area contributed by atoms with E-state index >= 15 is 0 Å². The van der Waals surface area contributed by atoms with Crippen LogP contribution in [-0.2, 0) is 10.5 Å². The molecule has 0 radical (unpaired) electrons. The first-order valence-electron chi connectivity index (χ1n) is 10.0. The second-order valence-electron chi connectivity index (χ2n) is 7.43. The van der Waals surface area contributed by atoms with Gasteiger partial charge in [-0.05, 0) is 36.1 Å². The lowest BCUT2D eigenvalue weighted by atomic mass is 10.0. The van der Waals surface area contributed by atoms with Gasteiger partial charge < -0.3 is 0 Å². The van der Waals surface area contributed by atoms with E-state index in [0.29, 0.717) is 34.2 Å². The van der Waals surface area contributed by atoms with Crippen molar-refractivity contribution >= 4 is 28.6 Å². The first-order valence-corrected chi connectivity index (χ1v) is 11.0. The normalized spacial score (nSPS) is 14.3. The molecule has 2 heterocycles. The first kappa shape index (κ1) is 19.6. The van der Waals surface area contributed by atoms with Gasteiger partial charge in [0.05, 0.1) is 10.9 Å². The summed E-state index contributed by atoms with van der Waals surface area (Å²) in [7, 11) is 0. The molecule has 0 atom stereocenters. The van der Waals surface area contributed by atoms with E-state index in [1.807, 2.05) is 24.3 Å². The minimum Gasteiger partial charge on any atom is -0.273 e. The number of thioether (sulfide) groups is 1. The number of amides is 1. The SMILES string of the molecule is O=C(CCC1CCCC1)Nn1c(SCc2cccnc2)nc2ccccc2c1=O. The Hall–Kier alpha value is -2.67. The van der Waals surface area contributed by atoms with Crippen molar-refractivity contribution < 1.29 is 4.79 Å². The minimum atomic E-state index is -0.251. The Kier molecular flexibility index (Phi) is 6.24. The third-order valence-corrected chi connectivity index (χ3v) is 6.34. The van der Waals surface area contributed by atoms with Crippen molar-refractivity contribution in [1.29, 1.82) is 0 Å². The number of rotatable bonds is 7. The highest BCUT2D eigenvalue weighted by Gasteiger charge is 2.18. The molecule has 4 rings (SSSR count). The monoisotopic (exact) mass is 408 g/mol. The van der Waals surface area contributed by atoms with Crippen molar-refractivity contribution in [1.82, 2.24) is 14.6 Å². The standard InChI is InChI=1S/C22H24N4O2S/c27-20(12-11-16-6-1-2-7-16)25-26-21(28)18-9-3-4-10-19(18)24-22(26)29-15-17-8-5-13-23-14-17/h3-5,8-10,13-14,16H,1-2,6-7,11-12,15H2,(H,25,27). The topological polar surface area (TPSA) is 76.9 Å². The number of pyridine rings is 1. The van der Waals surface area contributed by atoms with Crippen LogP contribution in [-0.4, -0.2) is 20.6 Å². The molecule has 7 heteroatoms. The summed E-state index contributed by atoms with van der Waals surface area (Å²) in [5.74, 6) is 1.10. The molecule has 0 bridgehead atoms. The zero-order valence-electron chi connectivity index (χ0n) is 16.2. The average molecular weight is 409 g/mol. The van der Waals surface area contributed by atoms with Crippen LogP contribution in [0.3, 0.4) is 0 Å². The van der Waals surface area contributed by atoms with Crippen LogP contribution in [0.4, 0.5) is 0 Å². The third-order valence-electron chi connectivity index (χ3n) is 5.33. The van der Waals surface area contributed by atoms with Gasteiger partial charge >= 0.3 is 0 Å². The molecule has 1 aliphatic carbocycles. The van der Waals surface area contributed by atoms with Crippen LogP contribution < -0.4 is 11.0 Å². The van der Waals surface area contributed by atoms with E-state index < -0.39 is 0 Å². The second kappa shape index (κ2) is 9.22. The van der Waals surface area contributed by atoms with E-state index in [4.69, 9.17) is 0 Å². The van der Waals surface area contributed by atoms with Gasteiger partial charge in [-0.2, -0.15) is 4.68 Å². The molecule has 0 saturated heterocycles. The molecule has 0 aliphatic heterocycles. The number of carbonyl (C=O) groups excluding carboxylic acids is 1. The number of carbonyl (C=O) groups is 1. The van der Waals surface area contributed by atoms with Crippen LogP contribution in [0.25, 0.3) is 10.9 Å². The number of fused-ring (bicyclic) bond motifs is 1. The highest BCUT2D eigenvalue weighted by atomic mass is 32.2. The Morgan fingerprint density at radius 3 is 2.79 bits per heavy atom. The zero-order chi connectivity index (χ0) is 20.1. The Labute approximate surface area is 173 Å². The molecule has 1 aromatic carbocycles. The van der Waals surface area contributed by atoms with Crippen molar-refractivity contribution in [2.45, 2.75) is 49.4 Å². The lowest BCUT2D eigenvalue weighted by Crippen LogP contribution is -2.35. The predicted octanol–water partition coefficient (Wildman–Crippen LogP) is 4.12. The largest absolute Gasteiger partial charge is 0.281 e. The molecule has 0 unspecified atom stereocenters. The summed E-state index contributed by atoms with van der Waals surface area (Å²) in [5, 5.41) is 0.973. The summed E-state index contributed by atoms with van der Waals surface area (Å²) >= 11 is 1.41. The summed E-state index contributed by atoms with van der Waals surface area (Å²) in [6, 6.07) is 11.1. The van der Waals surface area contributed by atoms with E-state index in [1.165, 1.54) is 42.1 Å². The molecule has 1 N–H and O–H groups in total. The summed E-state index contributed by atoms with van der Waals surface area (Å²) < 4.78 is 1.31. The van der Waals surface area contributed by atoms with Gasteiger partial charge in [0.15, 0.2) is 5.16 Å². The number of para-hydroxylation sites is 1. The van der Waals surface area contributed by atoms with E-state index in [1.54, 1.807) is 24.5 Å². The Bertz CT molecular complexity index is 1050. The van der Waals surface area contributed by atoms with Gasteiger partial charge in [0.2, 0.25) is 5.91 Å². The van der Waals surface area contributed by atoms with Crippen LogP contribution in [0.5, 0.6) is 0 Å². The molecule has 3 aromatic rings. The van der Waals surface area contributed by atoms with E-state index in [2.05, 4.69) is 15.4 Å². The molecule has 1 amide bonds. The van der Waals surface area contributed by atoms with Crippen molar-refractivity contribution in [2.75, 3.05) is 5.43 Å². The number of hydrogen-bond donors (Lipinski definition) is 1. The van der Waals surface area contributed by atoms with Crippen molar-refractivity contribution in [3.63, 3.8) is 0 Å². The van der Waals surface area contributed by atoms with E-state index in [0.717, 1.165) is 12.0 Å². The van der Waals surface area contributed by atoms with Gasteiger partial charge in [0.1, 0.15) is 0 Å². The maximum atomic E-state index is 13.0. The molecule has 0 spiro atoms.